The molecule has 0 radical (unpaired) electrons. The number of halogens is 1. The topological polar surface area (TPSA) is 93.0 Å². The largest absolute Gasteiger partial charge is 0.444 e. The third kappa shape index (κ3) is 3.07. The fourth-order valence-electron chi connectivity index (χ4n) is 3.88. The Hall–Kier alpha value is -2.10. The normalized spacial score (nSPS) is 18.8. The van der Waals surface area contributed by atoms with E-state index >= 15 is 0 Å². The second-order valence-corrected chi connectivity index (χ2v) is 9.23. The van der Waals surface area contributed by atoms with Gasteiger partial charge in [0.25, 0.3) is 0 Å². The number of aromatic nitrogens is 1. The van der Waals surface area contributed by atoms with Gasteiger partial charge in [0.2, 0.25) is 10.0 Å². The fraction of sp³-hybridized carbons (Fsp3) is 0.444. The maximum atomic E-state index is 13.0. The lowest BCUT2D eigenvalue weighted by Gasteiger charge is -2.39. The van der Waals surface area contributed by atoms with Crippen LogP contribution in [0.15, 0.2) is 27.6 Å². The first-order valence-electron chi connectivity index (χ1n) is 8.97. The number of aryl methyl sites for hydroxylation is 2. The summed E-state index contributed by atoms with van der Waals surface area (Å²) in [5.41, 5.74) is 1.85. The zero-order valence-electron chi connectivity index (χ0n) is 15.5. The minimum absolute atomic E-state index is 0.125. The van der Waals surface area contributed by atoms with Crippen LogP contribution in [-0.2, 0) is 21.4 Å². The number of carbonyl (C=O) groups is 1. The van der Waals surface area contributed by atoms with Crippen molar-refractivity contribution in [3.8, 4) is 0 Å². The van der Waals surface area contributed by atoms with Crippen molar-refractivity contribution in [2.24, 2.45) is 0 Å². The van der Waals surface area contributed by atoms with Gasteiger partial charge in [-0.3, -0.25) is 4.90 Å². The predicted octanol–water partition coefficient (Wildman–Crippen LogP) is 3.25. The second-order valence-electron chi connectivity index (χ2n) is 6.95. The van der Waals surface area contributed by atoms with Crippen LogP contribution in [0.2, 0.25) is 5.02 Å². The maximum Gasteiger partial charge on any atom is 0.414 e. The number of fused-ring (bicyclic) bond motifs is 1. The number of nitrogens with zero attached hydrogens (tertiary/aromatic N) is 3. The highest BCUT2D eigenvalue weighted by Gasteiger charge is 2.39. The number of anilines is 1. The zero-order valence-corrected chi connectivity index (χ0v) is 17.1. The van der Waals surface area contributed by atoms with Gasteiger partial charge in [0.05, 0.1) is 5.69 Å². The number of ether oxygens (including phenoxy) is 1. The first-order valence-corrected chi connectivity index (χ1v) is 10.8. The molecule has 3 heterocycles. The quantitative estimate of drug-likeness (QED) is 0.749. The van der Waals surface area contributed by atoms with Gasteiger partial charge in [0, 0.05) is 29.7 Å². The lowest BCUT2D eigenvalue weighted by atomic mass is 10.0. The zero-order chi connectivity index (χ0) is 20.1. The SMILES string of the molecule is Cc1noc(C)c1S(=O)(=O)N1CCC(N2C(=O)OCc3c(Cl)cccc32)CC1. The van der Waals surface area contributed by atoms with Crippen molar-refractivity contribution < 1.29 is 22.5 Å². The van der Waals surface area contributed by atoms with Gasteiger partial charge in [0.15, 0.2) is 5.76 Å². The Morgan fingerprint density at radius 2 is 1.93 bits per heavy atom. The molecule has 1 fully saturated rings. The molecular formula is C18H20ClN3O5S. The minimum Gasteiger partial charge on any atom is -0.444 e. The van der Waals surface area contributed by atoms with Gasteiger partial charge in [0.1, 0.15) is 17.2 Å². The van der Waals surface area contributed by atoms with Gasteiger partial charge in [-0.05, 0) is 38.8 Å². The molecule has 1 aromatic heterocycles. The number of benzene rings is 1. The average molecular weight is 426 g/mol. The van der Waals surface area contributed by atoms with Gasteiger partial charge in [-0.15, -0.1) is 0 Å². The summed E-state index contributed by atoms with van der Waals surface area (Å²) in [6.07, 6.45) is 0.551. The molecule has 2 aliphatic rings. The molecule has 0 N–H and O–H groups in total. The van der Waals surface area contributed by atoms with Crippen LogP contribution in [0.4, 0.5) is 10.5 Å². The molecule has 1 amide bonds. The van der Waals surface area contributed by atoms with Crippen molar-refractivity contribution in [2.45, 2.75) is 44.2 Å². The Bertz CT molecular complexity index is 1010. The number of hydrogen-bond donors (Lipinski definition) is 0. The van der Waals surface area contributed by atoms with Gasteiger partial charge in [-0.2, -0.15) is 4.31 Å². The number of cyclic esters (lactones) is 1. The number of amides is 1. The maximum absolute atomic E-state index is 13.0. The molecule has 8 nitrogen and oxygen atoms in total. The van der Waals surface area contributed by atoms with Gasteiger partial charge in [-0.1, -0.05) is 22.8 Å². The van der Waals surface area contributed by atoms with Crippen LogP contribution < -0.4 is 4.90 Å². The Morgan fingerprint density at radius 1 is 1.21 bits per heavy atom. The highest BCUT2D eigenvalue weighted by atomic mass is 35.5. The average Bonchev–Trinajstić information content (AvgIpc) is 3.01. The molecule has 0 aliphatic carbocycles. The highest BCUT2D eigenvalue weighted by Crippen LogP contribution is 2.36. The molecule has 1 saturated heterocycles. The number of rotatable bonds is 3. The van der Waals surface area contributed by atoms with Crippen molar-refractivity contribution >= 4 is 33.4 Å². The monoisotopic (exact) mass is 425 g/mol. The lowest BCUT2D eigenvalue weighted by Crippen LogP contribution is -2.50. The third-order valence-corrected chi connectivity index (χ3v) is 7.74. The summed E-state index contributed by atoms with van der Waals surface area (Å²) < 4.78 is 37.7. The minimum atomic E-state index is -3.69. The number of sulfonamides is 1. The molecular weight excluding hydrogens is 406 g/mol. The number of carbonyl (C=O) groups excluding carboxylic acids is 1. The first-order chi connectivity index (χ1) is 13.3. The molecule has 10 heteroatoms. The van der Waals surface area contributed by atoms with Crippen LogP contribution >= 0.6 is 11.6 Å². The Labute approximate surface area is 168 Å². The number of hydrogen-bond acceptors (Lipinski definition) is 6. The van der Waals surface area contributed by atoms with Crippen molar-refractivity contribution in [3.05, 3.63) is 40.2 Å². The molecule has 2 aromatic rings. The van der Waals surface area contributed by atoms with Crippen molar-refractivity contribution in [1.82, 2.24) is 9.46 Å². The van der Waals surface area contributed by atoms with Gasteiger partial charge in [-0.25, -0.2) is 13.2 Å². The summed E-state index contributed by atoms with van der Waals surface area (Å²) in [6.45, 7) is 3.92. The Balaban J connectivity index is 1.56. The van der Waals surface area contributed by atoms with Crippen LogP contribution in [0, 0.1) is 13.8 Å². The van der Waals surface area contributed by atoms with E-state index in [9.17, 15) is 13.2 Å². The molecule has 0 spiro atoms. The van der Waals surface area contributed by atoms with E-state index in [1.54, 1.807) is 30.9 Å². The second kappa shape index (κ2) is 7.06. The Morgan fingerprint density at radius 3 is 2.57 bits per heavy atom. The molecule has 1 aromatic carbocycles. The summed E-state index contributed by atoms with van der Waals surface area (Å²) in [6, 6.07) is 5.23. The van der Waals surface area contributed by atoms with Crippen LogP contribution in [0.5, 0.6) is 0 Å². The number of piperidine rings is 1. The smallest absolute Gasteiger partial charge is 0.414 e. The molecule has 150 valence electrons. The summed E-state index contributed by atoms with van der Waals surface area (Å²) in [5.74, 6) is 0.280. The molecule has 0 saturated carbocycles. The van der Waals surface area contributed by atoms with Crippen molar-refractivity contribution in [2.75, 3.05) is 18.0 Å². The van der Waals surface area contributed by atoms with Gasteiger partial charge < -0.3 is 9.26 Å². The van der Waals surface area contributed by atoms with E-state index in [4.69, 9.17) is 20.9 Å². The van der Waals surface area contributed by atoms with E-state index in [1.807, 2.05) is 6.07 Å². The summed E-state index contributed by atoms with van der Waals surface area (Å²) >= 11 is 6.24. The van der Waals surface area contributed by atoms with Crippen LogP contribution in [-0.4, -0.2) is 43.1 Å². The van der Waals surface area contributed by atoms with Crippen LogP contribution in [0.25, 0.3) is 0 Å². The summed E-state index contributed by atoms with van der Waals surface area (Å²) in [7, 11) is -3.69. The lowest BCUT2D eigenvalue weighted by molar-refractivity contribution is 0.136. The van der Waals surface area contributed by atoms with Gasteiger partial charge >= 0.3 is 6.09 Å². The predicted molar refractivity (Wildman–Crippen MR) is 102 cm³/mol. The van der Waals surface area contributed by atoms with Crippen molar-refractivity contribution in [1.29, 1.82) is 0 Å². The van der Waals surface area contributed by atoms with E-state index < -0.39 is 16.1 Å². The standard InChI is InChI=1S/C18H20ClN3O5S/c1-11-17(12(2)27-20-11)28(24,25)21-8-6-13(7-9-21)22-16-5-3-4-15(19)14(16)10-26-18(22)23/h3-5,13H,6-10H2,1-2H3. The van der Waals surface area contributed by atoms with E-state index in [-0.39, 0.29) is 36.4 Å². The van der Waals surface area contributed by atoms with E-state index in [0.29, 0.717) is 23.6 Å². The van der Waals surface area contributed by atoms with E-state index in [1.165, 1.54) is 4.31 Å². The molecule has 28 heavy (non-hydrogen) atoms. The Kier molecular flexibility index (Phi) is 4.84. The third-order valence-electron chi connectivity index (χ3n) is 5.24. The molecule has 0 unspecified atom stereocenters. The fourth-order valence-corrected chi connectivity index (χ4v) is 5.86. The van der Waals surface area contributed by atoms with E-state index in [0.717, 1.165) is 11.3 Å². The highest BCUT2D eigenvalue weighted by molar-refractivity contribution is 7.89. The summed E-state index contributed by atoms with van der Waals surface area (Å²) in [4.78, 5) is 14.2. The summed E-state index contributed by atoms with van der Waals surface area (Å²) in [5, 5.41) is 4.30. The van der Waals surface area contributed by atoms with Crippen molar-refractivity contribution in [3.63, 3.8) is 0 Å². The molecule has 2 aliphatic heterocycles. The van der Waals surface area contributed by atoms with Crippen LogP contribution in [0.1, 0.15) is 29.9 Å². The molecule has 4 rings (SSSR count). The molecule has 0 bridgehead atoms. The molecule has 0 atom stereocenters. The van der Waals surface area contributed by atoms with Crippen LogP contribution in [0.3, 0.4) is 0 Å². The first kappa shape index (κ1) is 19.2. The van der Waals surface area contributed by atoms with E-state index in [2.05, 4.69) is 5.16 Å².